The van der Waals surface area contributed by atoms with E-state index in [1.54, 1.807) is 11.3 Å². The van der Waals surface area contributed by atoms with Gasteiger partial charge in [0, 0.05) is 0 Å². The van der Waals surface area contributed by atoms with Crippen LogP contribution in [0.1, 0.15) is 10.4 Å². The molecule has 0 atom stereocenters. The second-order valence-corrected chi connectivity index (χ2v) is 2.85. The highest BCUT2D eigenvalue weighted by molar-refractivity contribution is 7.10. The predicted molar refractivity (Wildman–Crippen MR) is 45.0 cm³/mol. The van der Waals surface area contributed by atoms with E-state index in [9.17, 15) is 0 Å². The molecule has 1 heterocycles. The molecule has 1 nitrogen and oxygen atoms in total. The van der Waals surface area contributed by atoms with E-state index in [4.69, 9.17) is 5.73 Å². The van der Waals surface area contributed by atoms with Crippen LogP contribution in [-0.2, 0) is 0 Å². The number of hydrogen-bond donors (Lipinski definition) is 1. The van der Waals surface area contributed by atoms with E-state index in [2.05, 4.69) is 24.8 Å². The van der Waals surface area contributed by atoms with Crippen molar-refractivity contribution in [2.45, 2.75) is 6.92 Å². The molecule has 52 valence electrons. The second-order valence-electron chi connectivity index (χ2n) is 1.94. The SMILES string of the molecule is Cc1ccsc1C#CCN. The zero-order valence-corrected chi connectivity index (χ0v) is 6.66. The van der Waals surface area contributed by atoms with Gasteiger partial charge in [0.25, 0.3) is 0 Å². The average Bonchev–Trinajstić information content (AvgIpc) is 2.31. The van der Waals surface area contributed by atoms with Crippen LogP contribution < -0.4 is 5.73 Å². The third-order valence-electron chi connectivity index (χ3n) is 1.17. The van der Waals surface area contributed by atoms with Crippen molar-refractivity contribution in [2.24, 2.45) is 5.73 Å². The summed E-state index contributed by atoms with van der Waals surface area (Å²) < 4.78 is 0. The Morgan fingerprint density at radius 3 is 3.00 bits per heavy atom. The molecule has 2 N–H and O–H groups in total. The lowest BCUT2D eigenvalue weighted by molar-refractivity contribution is 1.30. The van der Waals surface area contributed by atoms with E-state index in [1.165, 1.54) is 5.56 Å². The molecule has 0 aliphatic heterocycles. The van der Waals surface area contributed by atoms with Gasteiger partial charge in [0.15, 0.2) is 0 Å². The van der Waals surface area contributed by atoms with E-state index in [0.717, 1.165) is 4.88 Å². The maximum atomic E-state index is 5.23. The summed E-state index contributed by atoms with van der Waals surface area (Å²) in [4.78, 5) is 1.13. The molecule has 0 bridgehead atoms. The fraction of sp³-hybridized carbons (Fsp3) is 0.250. The van der Waals surface area contributed by atoms with Gasteiger partial charge in [0.1, 0.15) is 0 Å². The minimum Gasteiger partial charge on any atom is -0.320 e. The van der Waals surface area contributed by atoms with Crippen molar-refractivity contribution in [3.8, 4) is 11.8 Å². The van der Waals surface area contributed by atoms with Gasteiger partial charge in [-0.15, -0.1) is 11.3 Å². The van der Waals surface area contributed by atoms with E-state index in [1.807, 2.05) is 5.38 Å². The van der Waals surface area contributed by atoms with E-state index in [-0.39, 0.29) is 0 Å². The van der Waals surface area contributed by atoms with Crippen molar-refractivity contribution >= 4 is 11.3 Å². The molecule has 1 rings (SSSR count). The summed E-state index contributed by atoms with van der Waals surface area (Å²) >= 11 is 1.66. The normalized spacial score (nSPS) is 8.60. The van der Waals surface area contributed by atoms with Gasteiger partial charge in [-0.05, 0) is 23.9 Å². The molecule has 0 aliphatic rings. The van der Waals surface area contributed by atoms with Crippen LogP contribution in [0.4, 0.5) is 0 Å². The quantitative estimate of drug-likeness (QED) is 0.557. The van der Waals surface area contributed by atoms with Crippen LogP contribution in [0.3, 0.4) is 0 Å². The van der Waals surface area contributed by atoms with Gasteiger partial charge in [-0.1, -0.05) is 11.8 Å². The molecule has 0 amide bonds. The largest absolute Gasteiger partial charge is 0.320 e. The highest BCUT2D eigenvalue weighted by Crippen LogP contribution is 2.12. The van der Waals surface area contributed by atoms with E-state index in [0.29, 0.717) is 6.54 Å². The third-order valence-corrected chi connectivity index (χ3v) is 2.10. The lowest BCUT2D eigenvalue weighted by Gasteiger charge is -1.82. The first-order chi connectivity index (χ1) is 4.84. The molecule has 0 aromatic carbocycles. The summed E-state index contributed by atoms with van der Waals surface area (Å²) in [5.41, 5.74) is 6.47. The molecule has 0 saturated heterocycles. The van der Waals surface area contributed by atoms with Gasteiger partial charge in [0.2, 0.25) is 0 Å². The number of nitrogens with two attached hydrogens (primary N) is 1. The number of thiophene rings is 1. The van der Waals surface area contributed by atoms with Gasteiger partial charge < -0.3 is 5.73 Å². The molecule has 0 aliphatic carbocycles. The molecule has 0 fully saturated rings. The zero-order valence-electron chi connectivity index (χ0n) is 5.85. The van der Waals surface area contributed by atoms with Gasteiger partial charge in [0.05, 0.1) is 11.4 Å². The van der Waals surface area contributed by atoms with Gasteiger partial charge in [-0.25, -0.2) is 0 Å². The maximum Gasteiger partial charge on any atom is 0.0797 e. The summed E-state index contributed by atoms with van der Waals surface area (Å²) in [7, 11) is 0. The second kappa shape index (κ2) is 3.40. The number of aryl methyl sites for hydroxylation is 1. The van der Waals surface area contributed by atoms with Crippen LogP contribution in [0.5, 0.6) is 0 Å². The molecule has 0 unspecified atom stereocenters. The third kappa shape index (κ3) is 1.60. The van der Waals surface area contributed by atoms with Crippen LogP contribution in [0, 0.1) is 18.8 Å². The van der Waals surface area contributed by atoms with Crippen molar-refractivity contribution < 1.29 is 0 Å². The van der Waals surface area contributed by atoms with Crippen LogP contribution >= 0.6 is 11.3 Å². The summed E-state index contributed by atoms with van der Waals surface area (Å²) in [6.45, 7) is 2.49. The van der Waals surface area contributed by atoms with E-state index >= 15 is 0 Å². The van der Waals surface area contributed by atoms with Gasteiger partial charge >= 0.3 is 0 Å². The zero-order chi connectivity index (χ0) is 7.40. The molecule has 0 saturated carbocycles. The Hall–Kier alpha value is -0.780. The summed E-state index contributed by atoms with van der Waals surface area (Å²) in [6, 6.07) is 2.06. The summed E-state index contributed by atoms with van der Waals surface area (Å²) in [5, 5.41) is 2.04. The van der Waals surface area contributed by atoms with Crippen molar-refractivity contribution in [3.05, 3.63) is 21.9 Å². The van der Waals surface area contributed by atoms with Crippen molar-refractivity contribution in [3.63, 3.8) is 0 Å². The molecule has 0 spiro atoms. The fourth-order valence-corrected chi connectivity index (χ4v) is 1.43. The highest BCUT2D eigenvalue weighted by Gasteiger charge is 1.91. The first kappa shape index (κ1) is 7.33. The molecule has 1 aromatic rings. The molecule has 2 heteroatoms. The van der Waals surface area contributed by atoms with E-state index < -0.39 is 0 Å². The minimum absolute atomic E-state index is 0.442. The lowest BCUT2D eigenvalue weighted by atomic mass is 10.3. The number of rotatable bonds is 0. The Bertz CT molecular complexity index is 264. The minimum atomic E-state index is 0.442. The molecule has 10 heavy (non-hydrogen) atoms. The van der Waals surface area contributed by atoms with Crippen LogP contribution in [-0.4, -0.2) is 6.54 Å². The molecular weight excluding hydrogens is 142 g/mol. The monoisotopic (exact) mass is 151 g/mol. The molecule has 1 aromatic heterocycles. The number of hydrogen-bond acceptors (Lipinski definition) is 2. The summed E-state index contributed by atoms with van der Waals surface area (Å²) in [5.74, 6) is 5.82. The predicted octanol–water partition coefficient (Wildman–Crippen LogP) is 1.37. The first-order valence-electron chi connectivity index (χ1n) is 3.07. The Balaban J connectivity index is 2.84. The van der Waals surface area contributed by atoms with Gasteiger partial charge in [-0.3, -0.25) is 0 Å². The van der Waals surface area contributed by atoms with Crippen LogP contribution in [0.15, 0.2) is 11.4 Å². The lowest BCUT2D eigenvalue weighted by Crippen LogP contribution is -1.92. The Labute approximate surface area is 64.9 Å². The van der Waals surface area contributed by atoms with Crippen LogP contribution in [0.25, 0.3) is 0 Å². The van der Waals surface area contributed by atoms with Crippen molar-refractivity contribution in [2.75, 3.05) is 6.54 Å². The first-order valence-corrected chi connectivity index (χ1v) is 3.95. The Morgan fingerprint density at radius 1 is 1.70 bits per heavy atom. The van der Waals surface area contributed by atoms with Gasteiger partial charge in [-0.2, -0.15) is 0 Å². The topological polar surface area (TPSA) is 26.0 Å². The smallest absolute Gasteiger partial charge is 0.0797 e. The standard InChI is InChI=1S/C8H9NS/c1-7-4-6-10-8(7)3-2-5-9/h4,6H,5,9H2,1H3. The Kier molecular flexibility index (Phi) is 2.49. The van der Waals surface area contributed by atoms with Crippen molar-refractivity contribution in [1.82, 2.24) is 0 Å². The Morgan fingerprint density at radius 2 is 2.50 bits per heavy atom. The average molecular weight is 151 g/mol. The maximum absolute atomic E-state index is 5.23. The van der Waals surface area contributed by atoms with Crippen LogP contribution in [0.2, 0.25) is 0 Å². The summed E-state index contributed by atoms with van der Waals surface area (Å²) in [6.07, 6.45) is 0. The highest BCUT2D eigenvalue weighted by atomic mass is 32.1. The fourth-order valence-electron chi connectivity index (χ4n) is 0.632. The molecular formula is C8H9NS. The van der Waals surface area contributed by atoms with Crippen molar-refractivity contribution in [1.29, 1.82) is 0 Å². The molecule has 0 radical (unpaired) electrons.